The summed E-state index contributed by atoms with van der Waals surface area (Å²) in [6.07, 6.45) is 4.92. The summed E-state index contributed by atoms with van der Waals surface area (Å²) < 4.78 is 5.22. The quantitative estimate of drug-likeness (QED) is 0.596. The number of methoxy groups -OCH3 is 1. The van der Waals surface area contributed by atoms with Gasteiger partial charge in [-0.2, -0.15) is 5.10 Å². The monoisotopic (exact) mass is 402 g/mol. The van der Waals surface area contributed by atoms with Crippen molar-refractivity contribution in [3.63, 3.8) is 0 Å². The lowest BCUT2D eigenvalue weighted by atomic mass is 9.91. The fourth-order valence-corrected chi connectivity index (χ4v) is 3.87. The Morgan fingerprint density at radius 1 is 1.13 bits per heavy atom. The second kappa shape index (κ2) is 9.48. The second-order valence-corrected chi connectivity index (χ2v) is 7.61. The molecule has 0 unspecified atom stereocenters. The normalized spacial score (nSPS) is 16.3. The van der Waals surface area contributed by atoms with Crippen LogP contribution in [0.5, 0.6) is 5.75 Å². The molecule has 4 rings (SSSR count). The number of hydrogen-bond acceptors (Lipinski definition) is 6. The minimum absolute atomic E-state index is 0.0238. The van der Waals surface area contributed by atoms with Gasteiger partial charge >= 0.3 is 0 Å². The number of carbonyl (C=O) groups excluding carboxylic acids is 1. The summed E-state index contributed by atoms with van der Waals surface area (Å²) in [7, 11) is 1.65. The first-order valence-corrected chi connectivity index (χ1v) is 10.4. The molecular weight excluding hydrogens is 376 g/mol. The van der Waals surface area contributed by atoms with Gasteiger partial charge in [-0.3, -0.25) is 4.79 Å². The van der Waals surface area contributed by atoms with E-state index < -0.39 is 0 Å². The third kappa shape index (κ3) is 4.82. The van der Waals surface area contributed by atoms with Crippen LogP contribution in [0.3, 0.4) is 0 Å². The topological polar surface area (TPSA) is 68.2 Å². The molecule has 1 fully saturated rings. The zero-order chi connectivity index (χ0) is 20.8. The van der Waals surface area contributed by atoms with E-state index in [1.54, 1.807) is 13.3 Å². The van der Waals surface area contributed by atoms with Gasteiger partial charge in [-0.1, -0.05) is 30.3 Å². The fraction of sp³-hybridized carbons (Fsp3) is 0.333. The van der Waals surface area contributed by atoms with Crippen molar-refractivity contribution in [2.45, 2.75) is 25.7 Å². The van der Waals surface area contributed by atoms with E-state index in [0.717, 1.165) is 42.8 Å². The highest BCUT2D eigenvalue weighted by Crippen LogP contribution is 2.25. The number of rotatable bonds is 7. The first-order valence-electron chi connectivity index (χ1n) is 10.4. The van der Waals surface area contributed by atoms with Crippen LogP contribution >= 0.6 is 0 Å². The number of anilines is 1. The Labute approximate surface area is 176 Å². The first-order chi connectivity index (χ1) is 14.7. The molecule has 30 heavy (non-hydrogen) atoms. The summed E-state index contributed by atoms with van der Waals surface area (Å²) in [6.45, 7) is 1.50. The Hall–Kier alpha value is -3.28. The molecule has 154 valence electrons. The molecule has 1 aromatic heterocycles. The Balaban J connectivity index is 1.42. The van der Waals surface area contributed by atoms with Crippen molar-refractivity contribution < 1.29 is 9.53 Å². The van der Waals surface area contributed by atoms with Gasteiger partial charge in [0.05, 0.1) is 19.0 Å². The number of aryl methyl sites for hydroxylation is 1. The zero-order valence-corrected chi connectivity index (χ0v) is 17.2. The van der Waals surface area contributed by atoms with Gasteiger partial charge in [0, 0.05) is 31.0 Å². The van der Waals surface area contributed by atoms with Gasteiger partial charge in [0.15, 0.2) is 0 Å². The van der Waals surface area contributed by atoms with Gasteiger partial charge in [-0.05, 0) is 49.1 Å². The highest BCUT2D eigenvalue weighted by molar-refractivity contribution is 5.82. The van der Waals surface area contributed by atoms with Crippen LogP contribution in [0.25, 0.3) is 11.3 Å². The number of carbonyl (C=O) groups is 1. The van der Waals surface area contributed by atoms with Crippen LogP contribution in [-0.2, 0) is 11.2 Å². The third-order valence-corrected chi connectivity index (χ3v) is 5.60. The highest BCUT2D eigenvalue weighted by Gasteiger charge is 2.27. The number of Topliss-reactive ketones (excluding diaryl/α,β-unsaturated/α-hetero) is 1. The number of piperidine rings is 1. The molecule has 2 aromatic carbocycles. The molecule has 0 N–H and O–H groups in total. The lowest BCUT2D eigenvalue weighted by molar-refractivity contribution is -0.123. The van der Waals surface area contributed by atoms with Crippen LogP contribution in [0.15, 0.2) is 60.8 Å². The number of ether oxygens (including phenoxy) is 1. The number of benzene rings is 2. The summed E-state index contributed by atoms with van der Waals surface area (Å²) in [4.78, 5) is 19.6. The van der Waals surface area contributed by atoms with Crippen molar-refractivity contribution in [2.24, 2.45) is 5.92 Å². The predicted octanol–water partition coefficient (Wildman–Crippen LogP) is 3.97. The van der Waals surface area contributed by atoms with Crippen molar-refractivity contribution in [1.82, 2.24) is 15.2 Å². The SMILES string of the molecule is COc1ccc(-c2cnnc(N3CCC[C@H](C(=O)CCc4ccccc4)C3)n2)cc1. The van der Waals surface area contributed by atoms with Crippen molar-refractivity contribution in [2.75, 3.05) is 25.1 Å². The Bertz CT molecular complexity index is 976. The van der Waals surface area contributed by atoms with E-state index in [-0.39, 0.29) is 5.92 Å². The fourth-order valence-electron chi connectivity index (χ4n) is 3.87. The number of hydrogen-bond donors (Lipinski definition) is 0. The average Bonchev–Trinajstić information content (AvgIpc) is 2.83. The third-order valence-electron chi connectivity index (χ3n) is 5.60. The Morgan fingerprint density at radius 2 is 1.93 bits per heavy atom. The van der Waals surface area contributed by atoms with Crippen LogP contribution in [0.2, 0.25) is 0 Å². The van der Waals surface area contributed by atoms with Crippen LogP contribution < -0.4 is 9.64 Å². The van der Waals surface area contributed by atoms with Crippen molar-refractivity contribution >= 4 is 11.7 Å². The molecule has 0 spiro atoms. The van der Waals surface area contributed by atoms with E-state index in [1.165, 1.54) is 5.56 Å². The van der Waals surface area contributed by atoms with E-state index in [2.05, 4.69) is 27.2 Å². The highest BCUT2D eigenvalue weighted by atomic mass is 16.5. The standard InChI is InChI=1S/C24H26N4O2/c1-30-21-12-10-19(11-13-21)22-16-25-27-24(26-22)28-15-5-8-20(17-28)23(29)14-9-18-6-3-2-4-7-18/h2-4,6-7,10-13,16,20H,5,8-9,14-15,17H2,1H3/t20-/m0/s1. The van der Waals surface area contributed by atoms with Crippen molar-refractivity contribution in [1.29, 1.82) is 0 Å². The van der Waals surface area contributed by atoms with Crippen LogP contribution in [0.1, 0.15) is 24.8 Å². The van der Waals surface area contributed by atoms with E-state index >= 15 is 0 Å². The molecule has 0 aliphatic carbocycles. The second-order valence-electron chi connectivity index (χ2n) is 7.61. The minimum atomic E-state index is 0.0238. The largest absolute Gasteiger partial charge is 0.497 e. The van der Waals surface area contributed by atoms with Gasteiger partial charge in [0.1, 0.15) is 11.5 Å². The molecule has 2 heterocycles. The number of ketones is 1. The van der Waals surface area contributed by atoms with E-state index in [9.17, 15) is 4.79 Å². The van der Waals surface area contributed by atoms with E-state index in [0.29, 0.717) is 24.7 Å². The molecule has 3 aromatic rings. The summed E-state index contributed by atoms with van der Waals surface area (Å²) in [6, 6.07) is 17.9. The van der Waals surface area contributed by atoms with Crippen molar-refractivity contribution in [3.05, 3.63) is 66.4 Å². The van der Waals surface area contributed by atoms with Gasteiger partial charge in [0.2, 0.25) is 5.95 Å². The molecule has 0 saturated carbocycles. The van der Waals surface area contributed by atoms with Gasteiger partial charge in [0.25, 0.3) is 0 Å². The molecule has 6 nitrogen and oxygen atoms in total. The maximum absolute atomic E-state index is 12.8. The molecule has 6 heteroatoms. The summed E-state index contributed by atoms with van der Waals surface area (Å²) >= 11 is 0. The Kier molecular flexibility index (Phi) is 6.32. The first kappa shape index (κ1) is 20.0. The number of nitrogens with zero attached hydrogens (tertiary/aromatic N) is 4. The van der Waals surface area contributed by atoms with E-state index in [1.807, 2.05) is 42.5 Å². The molecule has 1 atom stereocenters. The summed E-state index contributed by atoms with van der Waals surface area (Å²) in [5.41, 5.74) is 2.93. The molecule has 1 aliphatic rings. The number of aromatic nitrogens is 3. The van der Waals surface area contributed by atoms with Gasteiger partial charge in [-0.25, -0.2) is 4.98 Å². The van der Waals surface area contributed by atoms with E-state index in [4.69, 9.17) is 9.72 Å². The zero-order valence-electron chi connectivity index (χ0n) is 17.2. The molecule has 1 aliphatic heterocycles. The lowest BCUT2D eigenvalue weighted by Gasteiger charge is -2.31. The molecule has 0 amide bonds. The van der Waals surface area contributed by atoms with Gasteiger partial charge < -0.3 is 9.64 Å². The molecule has 0 radical (unpaired) electrons. The van der Waals surface area contributed by atoms with Gasteiger partial charge in [-0.15, -0.1) is 5.10 Å². The van der Waals surface area contributed by atoms with Crippen LogP contribution in [0, 0.1) is 5.92 Å². The molecular formula is C24H26N4O2. The lowest BCUT2D eigenvalue weighted by Crippen LogP contribution is -2.40. The Morgan fingerprint density at radius 3 is 2.70 bits per heavy atom. The minimum Gasteiger partial charge on any atom is -0.497 e. The molecule has 0 bridgehead atoms. The summed E-state index contributed by atoms with van der Waals surface area (Å²) in [5.74, 6) is 1.73. The van der Waals surface area contributed by atoms with Crippen LogP contribution in [-0.4, -0.2) is 41.2 Å². The van der Waals surface area contributed by atoms with Crippen molar-refractivity contribution in [3.8, 4) is 17.0 Å². The summed E-state index contributed by atoms with van der Waals surface area (Å²) in [5, 5.41) is 8.39. The maximum Gasteiger partial charge on any atom is 0.245 e. The van der Waals surface area contributed by atoms with Crippen LogP contribution in [0.4, 0.5) is 5.95 Å². The average molecular weight is 402 g/mol. The molecule has 1 saturated heterocycles. The smallest absolute Gasteiger partial charge is 0.245 e. The maximum atomic E-state index is 12.8. The predicted molar refractivity (Wildman–Crippen MR) is 117 cm³/mol.